The number of aromatic carboxylic acids is 1. The van der Waals surface area contributed by atoms with Crippen LogP contribution >= 0.6 is 0 Å². The minimum absolute atomic E-state index is 0.179. The summed E-state index contributed by atoms with van der Waals surface area (Å²) in [4.78, 5) is 11.2. The summed E-state index contributed by atoms with van der Waals surface area (Å²) in [5.41, 5.74) is 3.65. The van der Waals surface area contributed by atoms with Gasteiger partial charge in [0.05, 0.1) is 23.0 Å². The first-order chi connectivity index (χ1) is 13.3. The van der Waals surface area contributed by atoms with Crippen molar-refractivity contribution < 1.29 is 23.1 Å². The predicted octanol–water partition coefficient (Wildman–Crippen LogP) is 5.52. The van der Waals surface area contributed by atoms with Crippen molar-refractivity contribution in [3.63, 3.8) is 0 Å². The Bertz CT molecular complexity index is 998. The molecule has 0 saturated heterocycles. The van der Waals surface area contributed by atoms with Gasteiger partial charge in [0.1, 0.15) is 0 Å². The van der Waals surface area contributed by atoms with Gasteiger partial charge in [-0.1, -0.05) is 42.5 Å². The molecule has 142 valence electrons. The average molecular weight is 384 g/mol. The van der Waals surface area contributed by atoms with E-state index < -0.39 is 23.3 Å². The summed E-state index contributed by atoms with van der Waals surface area (Å²) in [7, 11) is 0. The molecule has 3 rings (SSSR count). The lowest BCUT2D eigenvalue weighted by Gasteiger charge is -2.11. The zero-order chi connectivity index (χ0) is 20.1. The van der Waals surface area contributed by atoms with Crippen LogP contribution in [0.2, 0.25) is 0 Å². The van der Waals surface area contributed by atoms with E-state index in [4.69, 9.17) is 5.11 Å². The van der Waals surface area contributed by atoms with E-state index in [0.717, 1.165) is 17.3 Å². The highest BCUT2D eigenvalue weighted by Crippen LogP contribution is 2.33. The number of carbonyl (C=O) groups is 1. The molecule has 0 spiro atoms. The number of nitrogens with zero attached hydrogens (tertiary/aromatic N) is 1. The third kappa shape index (κ3) is 4.76. The summed E-state index contributed by atoms with van der Waals surface area (Å²) in [6.45, 7) is 0. The number of hydrogen-bond donors (Lipinski definition) is 2. The Balaban J connectivity index is 1.83. The van der Waals surface area contributed by atoms with Gasteiger partial charge in [-0.05, 0) is 47.0 Å². The number of para-hydroxylation sites is 1. The molecule has 0 aliphatic rings. The molecule has 0 atom stereocenters. The van der Waals surface area contributed by atoms with Crippen LogP contribution in [0.3, 0.4) is 0 Å². The summed E-state index contributed by atoms with van der Waals surface area (Å²) < 4.78 is 39.2. The first kappa shape index (κ1) is 19.2. The first-order valence-electron chi connectivity index (χ1n) is 8.23. The topological polar surface area (TPSA) is 61.7 Å². The van der Waals surface area contributed by atoms with Gasteiger partial charge < -0.3 is 5.11 Å². The first-order valence-corrected chi connectivity index (χ1v) is 8.23. The minimum atomic E-state index is -4.63. The fourth-order valence-electron chi connectivity index (χ4n) is 2.54. The van der Waals surface area contributed by atoms with Gasteiger partial charge in [0.2, 0.25) is 0 Å². The van der Waals surface area contributed by atoms with Gasteiger partial charge in [-0.15, -0.1) is 0 Å². The van der Waals surface area contributed by atoms with E-state index in [2.05, 4.69) is 10.5 Å². The Kier molecular flexibility index (Phi) is 5.44. The van der Waals surface area contributed by atoms with Crippen LogP contribution in [0.4, 0.5) is 18.9 Å². The molecule has 3 aromatic rings. The highest BCUT2D eigenvalue weighted by Gasteiger charge is 2.31. The third-order valence-corrected chi connectivity index (χ3v) is 3.93. The van der Waals surface area contributed by atoms with Gasteiger partial charge in [-0.2, -0.15) is 18.3 Å². The van der Waals surface area contributed by atoms with Crippen LogP contribution in [0.15, 0.2) is 77.9 Å². The van der Waals surface area contributed by atoms with E-state index in [9.17, 15) is 18.0 Å². The predicted molar refractivity (Wildman–Crippen MR) is 101 cm³/mol. The lowest BCUT2D eigenvalue weighted by molar-refractivity contribution is -0.137. The Hall–Kier alpha value is -3.61. The molecule has 0 heterocycles. The van der Waals surface area contributed by atoms with E-state index in [0.29, 0.717) is 11.6 Å². The number of rotatable bonds is 5. The fraction of sp³-hybridized carbons (Fsp3) is 0.0476. The lowest BCUT2D eigenvalue weighted by Crippen LogP contribution is -2.08. The number of alkyl halides is 3. The summed E-state index contributed by atoms with van der Waals surface area (Å²) in [5.74, 6) is -1.41. The maximum absolute atomic E-state index is 13.1. The van der Waals surface area contributed by atoms with Crippen molar-refractivity contribution in [2.24, 2.45) is 5.10 Å². The SMILES string of the molecule is O=C(O)c1cc(-c2ccc(C=NNc3ccccc3)cc2)cc(C(F)(F)F)c1. The maximum atomic E-state index is 13.1. The van der Waals surface area contributed by atoms with Gasteiger partial charge in [0, 0.05) is 0 Å². The van der Waals surface area contributed by atoms with Crippen molar-refractivity contribution in [3.8, 4) is 11.1 Å². The molecule has 0 aromatic heterocycles. The van der Waals surface area contributed by atoms with Gasteiger partial charge in [-0.25, -0.2) is 4.79 Å². The lowest BCUT2D eigenvalue weighted by atomic mass is 9.98. The van der Waals surface area contributed by atoms with Crippen LogP contribution in [0.1, 0.15) is 21.5 Å². The van der Waals surface area contributed by atoms with Crippen LogP contribution in [-0.2, 0) is 6.18 Å². The molecule has 28 heavy (non-hydrogen) atoms. The number of hydrazone groups is 1. The molecule has 7 heteroatoms. The summed E-state index contributed by atoms with van der Waals surface area (Å²) in [6.07, 6.45) is -3.05. The van der Waals surface area contributed by atoms with Gasteiger partial charge in [0.15, 0.2) is 0 Å². The number of anilines is 1. The molecule has 0 unspecified atom stereocenters. The second-order valence-corrected chi connectivity index (χ2v) is 5.96. The monoisotopic (exact) mass is 384 g/mol. The zero-order valence-electron chi connectivity index (χ0n) is 14.4. The van der Waals surface area contributed by atoms with Gasteiger partial charge in [-0.3, -0.25) is 5.43 Å². The molecule has 0 aliphatic carbocycles. The fourth-order valence-corrected chi connectivity index (χ4v) is 2.54. The maximum Gasteiger partial charge on any atom is 0.416 e. The number of nitrogens with one attached hydrogen (secondary N) is 1. The van der Waals surface area contributed by atoms with Crippen molar-refractivity contribution >= 4 is 17.9 Å². The van der Waals surface area contributed by atoms with Gasteiger partial charge >= 0.3 is 12.1 Å². The Morgan fingerprint density at radius 1 is 0.929 bits per heavy atom. The highest BCUT2D eigenvalue weighted by molar-refractivity contribution is 5.90. The summed E-state index contributed by atoms with van der Waals surface area (Å²) >= 11 is 0. The molecule has 0 radical (unpaired) electrons. The Morgan fingerprint density at radius 3 is 2.21 bits per heavy atom. The Labute approximate surface area is 159 Å². The molecule has 0 amide bonds. The highest BCUT2D eigenvalue weighted by atomic mass is 19.4. The van der Waals surface area contributed by atoms with Crippen molar-refractivity contribution in [1.82, 2.24) is 0 Å². The van der Waals surface area contributed by atoms with E-state index in [-0.39, 0.29) is 5.56 Å². The quantitative estimate of drug-likeness (QED) is 0.450. The second-order valence-electron chi connectivity index (χ2n) is 5.96. The van der Waals surface area contributed by atoms with E-state index in [1.54, 1.807) is 30.5 Å². The van der Waals surface area contributed by atoms with E-state index >= 15 is 0 Å². The summed E-state index contributed by atoms with van der Waals surface area (Å²) in [6, 6.07) is 18.7. The largest absolute Gasteiger partial charge is 0.478 e. The standard InChI is InChI=1S/C21H15F3N2O2/c22-21(23,24)18-11-16(10-17(12-18)20(27)28)15-8-6-14(7-9-15)13-25-26-19-4-2-1-3-5-19/h1-13,26H,(H,27,28). The smallest absolute Gasteiger partial charge is 0.416 e. The number of halogens is 3. The van der Waals surface area contributed by atoms with Crippen LogP contribution < -0.4 is 5.43 Å². The van der Waals surface area contributed by atoms with Crippen molar-refractivity contribution in [3.05, 3.63) is 89.5 Å². The average Bonchev–Trinajstić information content (AvgIpc) is 2.68. The molecule has 3 aromatic carbocycles. The van der Waals surface area contributed by atoms with Crippen LogP contribution in [0.25, 0.3) is 11.1 Å². The van der Waals surface area contributed by atoms with E-state index in [1.165, 1.54) is 6.07 Å². The second kappa shape index (κ2) is 7.96. The van der Waals surface area contributed by atoms with Crippen molar-refractivity contribution in [2.75, 3.05) is 5.43 Å². The minimum Gasteiger partial charge on any atom is -0.478 e. The number of benzene rings is 3. The molecule has 2 N–H and O–H groups in total. The number of carboxylic acid groups (broad SMARTS) is 1. The normalized spacial score (nSPS) is 11.5. The number of carboxylic acids is 1. The Morgan fingerprint density at radius 2 is 1.61 bits per heavy atom. The van der Waals surface area contributed by atoms with E-state index in [1.807, 2.05) is 30.3 Å². The van der Waals surface area contributed by atoms with Crippen LogP contribution in [-0.4, -0.2) is 17.3 Å². The van der Waals surface area contributed by atoms with Crippen LogP contribution in [0, 0.1) is 0 Å². The number of hydrogen-bond acceptors (Lipinski definition) is 3. The summed E-state index contributed by atoms with van der Waals surface area (Å²) in [5, 5.41) is 13.2. The molecule has 0 fully saturated rings. The molecule has 0 aliphatic heterocycles. The molecule has 0 bridgehead atoms. The molecular formula is C21H15F3N2O2. The van der Waals surface area contributed by atoms with Crippen LogP contribution in [0.5, 0.6) is 0 Å². The molecule has 4 nitrogen and oxygen atoms in total. The van der Waals surface area contributed by atoms with Crippen molar-refractivity contribution in [2.45, 2.75) is 6.18 Å². The van der Waals surface area contributed by atoms with Crippen molar-refractivity contribution in [1.29, 1.82) is 0 Å². The third-order valence-electron chi connectivity index (χ3n) is 3.93. The zero-order valence-corrected chi connectivity index (χ0v) is 14.4. The molecular weight excluding hydrogens is 369 g/mol. The molecule has 0 saturated carbocycles. The van der Waals surface area contributed by atoms with Gasteiger partial charge in [0.25, 0.3) is 0 Å².